The van der Waals surface area contributed by atoms with Crippen LogP contribution >= 0.6 is 0 Å². The molecule has 0 aromatic rings. The molecule has 1 heterocycles. The van der Waals surface area contributed by atoms with E-state index in [1.807, 2.05) is 6.92 Å². The van der Waals surface area contributed by atoms with Gasteiger partial charge in [0.25, 0.3) is 0 Å². The summed E-state index contributed by atoms with van der Waals surface area (Å²) in [6, 6.07) is -0.366. The maximum Gasteiger partial charge on any atom is 0.393 e. The first-order chi connectivity index (χ1) is 9.88. The Morgan fingerprint density at radius 1 is 1.14 bits per heavy atom. The number of carbonyl (C=O) groups excluding carboxylic acids is 1. The molecule has 0 spiro atoms. The number of alkyl halides is 3. The van der Waals surface area contributed by atoms with E-state index in [9.17, 15) is 18.0 Å². The van der Waals surface area contributed by atoms with Crippen LogP contribution in [0.1, 0.15) is 51.9 Å². The van der Waals surface area contributed by atoms with E-state index in [4.69, 9.17) is 0 Å². The van der Waals surface area contributed by atoms with E-state index in [1.165, 1.54) is 19.3 Å². The van der Waals surface area contributed by atoms with Crippen LogP contribution < -0.4 is 10.6 Å². The summed E-state index contributed by atoms with van der Waals surface area (Å²) in [5, 5.41) is 5.74. The van der Waals surface area contributed by atoms with Crippen molar-refractivity contribution in [3.8, 4) is 0 Å². The summed E-state index contributed by atoms with van der Waals surface area (Å²) in [7, 11) is 0. The van der Waals surface area contributed by atoms with Crippen molar-refractivity contribution in [1.29, 1.82) is 0 Å². The van der Waals surface area contributed by atoms with Crippen LogP contribution in [0.4, 0.5) is 13.2 Å². The fourth-order valence-corrected chi connectivity index (χ4v) is 3.44. The van der Waals surface area contributed by atoms with Gasteiger partial charge in [0.2, 0.25) is 5.91 Å². The van der Waals surface area contributed by atoms with E-state index in [0.29, 0.717) is 5.92 Å². The lowest BCUT2D eigenvalue weighted by molar-refractivity contribution is -0.180. The maximum absolute atomic E-state index is 12.6. The van der Waals surface area contributed by atoms with Crippen LogP contribution in [-0.4, -0.2) is 30.7 Å². The number of rotatable bonds is 3. The monoisotopic (exact) mass is 306 g/mol. The average Bonchev–Trinajstić information content (AvgIpc) is 2.47. The Balaban J connectivity index is 1.76. The van der Waals surface area contributed by atoms with Crippen molar-refractivity contribution >= 4 is 5.91 Å². The maximum atomic E-state index is 12.6. The average molecular weight is 306 g/mol. The van der Waals surface area contributed by atoms with Gasteiger partial charge in [-0.25, -0.2) is 0 Å². The molecule has 6 heteroatoms. The van der Waals surface area contributed by atoms with Gasteiger partial charge in [-0.05, 0) is 38.5 Å². The van der Waals surface area contributed by atoms with Crippen LogP contribution in [0.5, 0.6) is 0 Å². The third-order valence-corrected chi connectivity index (χ3v) is 4.92. The third kappa shape index (κ3) is 4.59. The molecular formula is C15H25F3N2O. The Bertz CT molecular complexity index is 345. The minimum Gasteiger partial charge on any atom is -0.352 e. The molecule has 3 unspecified atom stereocenters. The van der Waals surface area contributed by atoms with Gasteiger partial charge in [0.05, 0.1) is 12.0 Å². The molecule has 0 radical (unpaired) electrons. The standard InChI is InChI=1S/C15H25F3N2O/c1-10(11-5-3-2-4-6-11)20-14(21)13-8-7-12(9-19-13)15(16,17)18/h10-13,19H,2-9H2,1H3,(H,20,21). The van der Waals surface area contributed by atoms with Gasteiger partial charge in [0.15, 0.2) is 0 Å². The fraction of sp³-hybridized carbons (Fsp3) is 0.933. The quantitative estimate of drug-likeness (QED) is 0.841. The second-order valence-corrected chi connectivity index (χ2v) is 6.47. The second kappa shape index (κ2) is 6.99. The second-order valence-electron chi connectivity index (χ2n) is 6.47. The van der Waals surface area contributed by atoms with Crippen molar-refractivity contribution in [2.24, 2.45) is 11.8 Å². The van der Waals surface area contributed by atoms with Crippen LogP contribution in [-0.2, 0) is 4.79 Å². The molecule has 2 aliphatic rings. The Kier molecular flexibility index (Phi) is 5.52. The Morgan fingerprint density at radius 2 is 1.81 bits per heavy atom. The number of hydrogen-bond donors (Lipinski definition) is 2. The normalized spacial score (nSPS) is 29.9. The van der Waals surface area contributed by atoms with Gasteiger partial charge in [0, 0.05) is 12.6 Å². The molecule has 21 heavy (non-hydrogen) atoms. The number of halogens is 3. The van der Waals surface area contributed by atoms with Crippen LogP contribution in [0.15, 0.2) is 0 Å². The van der Waals surface area contributed by atoms with Gasteiger partial charge in [0.1, 0.15) is 0 Å². The summed E-state index contributed by atoms with van der Waals surface area (Å²) in [5.41, 5.74) is 0. The van der Waals surface area contributed by atoms with Gasteiger partial charge in [-0.2, -0.15) is 13.2 Å². The van der Waals surface area contributed by atoms with E-state index in [1.54, 1.807) is 0 Å². The van der Waals surface area contributed by atoms with E-state index in [2.05, 4.69) is 10.6 Å². The number of carbonyl (C=O) groups is 1. The van der Waals surface area contributed by atoms with E-state index in [-0.39, 0.29) is 31.3 Å². The zero-order chi connectivity index (χ0) is 15.5. The lowest BCUT2D eigenvalue weighted by Gasteiger charge is -2.33. The Hall–Kier alpha value is -0.780. The van der Waals surface area contributed by atoms with Crippen molar-refractivity contribution < 1.29 is 18.0 Å². The first kappa shape index (κ1) is 16.6. The zero-order valence-corrected chi connectivity index (χ0v) is 12.5. The molecule has 2 fully saturated rings. The van der Waals surface area contributed by atoms with Crippen molar-refractivity contribution in [3.63, 3.8) is 0 Å². The molecule has 122 valence electrons. The van der Waals surface area contributed by atoms with Gasteiger partial charge < -0.3 is 10.6 Å². The summed E-state index contributed by atoms with van der Waals surface area (Å²) in [6.07, 6.45) is 2.08. The highest BCUT2D eigenvalue weighted by molar-refractivity contribution is 5.82. The molecule has 0 aromatic heterocycles. The highest BCUT2D eigenvalue weighted by Crippen LogP contribution is 2.32. The molecule has 2 N–H and O–H groups in total. The van der Waals surface area contributed by atoms with Crippen LogP contribution in [0, 0.1) is 11.8 Å². The molecule has 0 aromatic carbocycles. The predicted molar refractivity (Wildman–Crippen MR) is 74.7 cm³/mol. The topological polar surface area (TPSA) is 41.1 Å². The molecule has 1 amide bonds. The molecule has 1 saturated heterocycles. The molecule has 1 aliphatic heterocycles. The smallest absolute Gasteiger partial charge is 0.352 e. The van der Waals surface area contributed by atoms with Crippen LogP contribution in [0.2, 0.25) is 0 Å². The van der Waals surface area contributed by atoms with Crippen molar-refractivity contribution in [1.82, 2.24) is 10.6 Å². The SMILES string of the molecule is CC(NC(=O)C1CCC(C(F)(F)F)CN1)C1CCCCC1. The molecular weight excluding hydrogens is 281 g/mol. The third-order valence-electron chi connectivity index (χ3n) is 4.92. The van der Waals surface area contributed by atoms with E-state index in [0.717, 1.165) is 12.8 Å². The highest BCUT2D eigenvalue weighted by Gasteiger charge is 2.42. The minimum atomic E-state index is -4.16. The van der Waals surface area contributed by atoms with Crippen LogP contribution in [0.25, 0.3) is 0 Å². The van der Waals surface area contributed by atoms with Crippen molar-refractivity contribution in [2.75, 3.05) is 6.54 Å². The first-order valence-electron chi connectivity index (χ1n) is 7.98. The lowest BCUT2D eigenvalue weighted by Crippen LogP contribution is -2.53. The van der Waals surface area contributed by atoms with Gasteiger partial charge >= 0.3 is 6.18 Å². The number of hydrogen-bond acceptors (Lipinski definition) is 2. The summed E-state index contributed by atoms with van der Waals surface area (Å²) < 4.78 is 37.7. The highest BCUT2D eigenvalue weighted by atomic mass is 19.4. The summed E-state index contributed by atoms with van der Waals surface area (Å²) in [4.78, 5) is 12.2. The fourth-order valence-electron chi connectivity index (χ4n) is 3.44. The minimum absolute atomic E-state index is 0.0341. The molecule has 3 nitrogen and oxygen atoms in total. The predicted octanol–water partition coefficient (Wildman–Crippen LogP) is 3.00. The Morgan fingerprint density at radius 3 is 2.33 bits per heavy atom. The lowest BCUT2D eigenvalue weighted by atomic mass is 9.84. The Labute approximate surface area is 124 Å². The van der Waals surface area contributed by atoms with E-state index < -0.39 is 18.1 Å². The number of amides is 1. The summed E-state index contributed by atoms with van der Waals surface area (Å²) in [6.45, 7) is 1.86. The van der Waals surface area contributed by atoms with Crippen molar-refractivity contribution in [2.45, 2.75) is 70.1 Å². The molecule has 3 atom stereocenters. The zero-order valence-electron chi connectivity index (χ0n) is 12.5. The van der Waals surface area contributed by atoms with Gasteiger partial charge in [-0.15, -0.1) is 0 Å². The molecule has 2 rings (SSSR count). The van der Waals surface area contributed by atoms with Gasteiger partial charge in [-0.3, -0.25) is 4.79 Å². The largest absolute Gasteiger partial charge is 0.393 e. The van der Waals surface area contributed by atoms with Crippen LogP contribution in [0.3, 0.4) is 0 Å². The number of nitrogens with one attached hydrogen (secondary N) is 2. The summed E-state index contributed by atoms with van der Waals surface area (Å²) >= 11 is 0. The molecule has 1 saturated carbocycles. The number of piperidine rings is 1. The van der Waals surface area contributed by atoms with Crippen molar-refractivity contribution in [3.05, 3.63) is 0 Å². The molecule has 1 aliphatic carbocycles. The van der Waals surface area contributed by atoms with Gasteiger partial charge in [-0.1, -0.05) is 19.3 Å². The van der Waals surface area contributed by atoms with E-state index >= 15 is 0 Å². The molecule has 0 bridgehead atoms. The first-order valence-corrected chi connectivity index (χ1v) is 7.98. The summed E-state index contributed by atoms with van der Waals surface area (Å²) in [5.74, 6) is -0.958.